The first-order valence-electron chi connectivity index (χ1n) is 4.91. The summed E-state index contributed by atoms with van der Waals surface area (Å²) in [6.45, 7) is 2.52. The fourth-order valence-electron chi connectivity index (χ4n) is 1.26. The van der Waals surface area contributed by atoms with Gasteiger partial charge in [-0.3, -0.25) is 5.41 Å². The van der Waals surface area contributed by atoms with Gasteiger partial charge in [-0.1, -0.05) is 12.1 Å². The maximum Gasteiger partial charge on any atom is 0.425 e. The highest BCUT2D eigenvalue weighted by Crippen LogP contribution is 2.29. The molecule has 0 heterocycles. The predicted octanol–water partition coefficient (Wildman–Crippen LogP) is 2.61. The van der Waals surface area contributed by atoms with Crippen molar-refractivity contribution in [3.63, 3.8) is 0 Å². The van der Waals surface area contributed by atoms with E-state index in [1.54, 1.807) is 19.1 Å². The molecule has 0 saturated carbocycles. The number of aryl methyl sites for hydroxylation is 1. The molecule has 6 heteroatoms. The highest BCUT2D eigenvalue weighted by molar-refractivity contribution is 5.98. The molecule has 0 radical (unpaired) electrons. The standard InChI is InChI=1S/C11H13F3N2O/c1-6-4-3-5-8(10(15)16)9(6)17-7(2)11(12,13)14/h3-5,7H,1-2H3,(H3,15,16). The first-order chi connectivity index (χ1) is 7.73. The van der Waals surface area contributed by atoms with Crippen LogP contribution in [-0.2, 0) is 0 Å². The minimum atomic E-state index is -4.45. The van der Waals surface area contributed by atoms with E-state index in [1.807, 2.05) is 0 Å². The lowest BCUT2D eigenvalue weighted by Crippen LogP contribution is -2.32. The molecule has 1 aromatic carbocycles. The van der Waals surface area contributed by atoms with Crippen LogP contribution < -0.4 is 10.5 Å². The van der Waals surface area contributed by atoms with Crippen LogP contribution in [0.2, 0.25) is 0 Å². The van der Waals surface area contributed by atoms with Gasteiger partial charge in [-0.05, 0) is 25.5 Å². The lowest BCUT2D eigenvalue weighted by molar-refractivity contribution is -0.189. The van der Waals surface area contributed by atoms with Crippen LogP contribution in [-0.4, -0.2) is 18.1 Å². The summed E-state index contributed by atoms with van der Waals surface area (Å²) >= 11 is 0. The van der Waals surface area contributed by atoms with Crippen LogP contribution in [0.25, 0.3) is 0 Å². The molecule has 0 fully saturated rings. The number of amidine groups is 1. The molecule has 0 spiro atoms. The number of nitrogens with two attached hydrogens (primary N) is 1. The van der Waals surface area contributed by atoms with Crippen molar-refractivity contribution >= 4 is 5.84 Å². The number of hydrogen-bond donors (Lipinski definition) is 2. The number of nitrogen functional groups attached to an aromatic ring is 1. The Morgan fingerprint density at radius 2 is 2.00 bits per heavy atom. The number of alkyl halides is 3. The Balaban J connectivity index is 3.09. The second-order valence-electron chi connectivity index (χ2n) is 3.67. The molecule has 1 unspecified atom stereocenters. The van der Waals surface area contributed by atoms with Gasteiger partial charge >= 0.3 is 6.18 Å². The van der Waals surface area contributed by atoms with Gasteiger partial charge in [-0.15, -0.1) is 0 Å². The normalized spacial score (nSPS) is 13.2. The zero-order valence-corrected chi connectivity index (χ0v) is 9.43. The molecule has 3 N–H and O–H groups in total. The minimum absolute atomic E-state index is 0.00447. The van der Waals surface area contributed by atoms with Gasteiger partial charge in [-0.25, -0.2) is 0 Å². The molecule has 0 aliphatic rings. The molecule has 0 amide bonds. The lowest BCUT2D eigenvalue weighted by atomic mass is 10.1. The number of halogens is 3. The van der Waals surface area contributed by atoms with Crippen molar-refractivity contribution in [3.05, 3.63) is 29.3 Å². The van der Waals surface area contributed by atoms with Crippen LogP contribution in [0.5, 0.6) is 5.75 Å². The Morgan fingerprint density at radius 1 is 1.41 bits per heavy atom. The highest BCUT2D eigenvalue weighted by atomic mass is 19.4. The third-order valence-corrected chi connectivity index (χ3v) is 2.26. The number of nitrogens with one attached hydrogen (secondary N) is 1. The van der Waals surface area contributed by atoms with E-state index in [-0.39, 0.29) is 17.1 Å². The van der Waals surface area contributed by atoms with E-state index in [4.69, 9.17) is 15.9 Å². The molecule has 3 nitrogen and oxygen atoms in total. The monoisotopic (exact) mass is 246 g/mol. The fourth-order valence-corrected chi connectivity index (χ4v) is 1.26. The van der Waals surface area contributed by atoms with E-state index in [2.05, 4.69) is 0 Å². The molecule has 0 bridgehead atoms. The summed E-state index contributed by atoms with van der Waals surface area (Å²) in [5.74, 6) is -0.317. The van der Waals surface area contributed by atoms with Crippen molar-refractivity contribution in [3.8, 4) is 5.75 Å². The van der Waals surface area contributed by atoms with Crippen molar-refractivity contribution in [1.82, 2.24) is 0 Å². The van der Waals surface area contributed by atoms with Crippen molar-refractivity contribution in [2.45, 2.75) is 26.1 Å². The largest absolute Gasteiger partial charge is 0.480 e. The van der Waals surface area contributed by atoms with Gasteiger partial charge < -0.3 is 10.5 Å². The van der Waals surface area contributed by atoms with E-state index in [9.17, 15) is 13.2 Å². The smallest absolute Gasteiger partial charge is 0.425 e. The highest BCUT2D eigenvalue weighted by Gasteiger charge is 2.38. The molecule has 94 valence electrons. The molecular weight excluding hydrogens is 233 g/mol. The topological polar surface area (TPSA) is 59.1 Å². The van der Waals surface area contributed by atoms with Gasteiger partial charge in [0.25, 0.3) is 0 Å². The maximum atomic E-state index is 12.4. The minimum Gasteiger partial charge on any atom is -0.480 e. The number of ether oxygens (including phenoxy) is 1. The van der Waals surface area contributed by atoms with Crippen LogP contribution >= 0.6 is 0 Å². The summed E-state index contributed by atoms with van der Waals surface area (Å²) in [5.41, 5.74) is 5.97. The number of para-hydroxylation sites is 1. The summed E-state index contributed by atoms with van der Waals surface area (Å²) < 4.78 is 42.0. The third kappa shape index (κ3) is 3.12. The van der Waals surface area contributed by atoms with Gasteiger partial charge in [-0.2, -0.15) is 13.2 Å². The van der Waals surface area contributed by atoms with Crippen molar-refractivity contribution in [2.75, 3.05) is 0 Å². The fraction of sp³-hybridized carbons (Fsp3) is 0.364. The number of rotatable bonds is 3. The Morgan fingerprint density at radius 3 is 2.47 bits per heavy atom. The van der Waals surface area contributed by atoms with Gasteiger partial charge in [0, 0.05) is 0 Å². The summed E-state index contributed by atoms with van der Waals surface area (Å²) in [5, 5.41) is 7.29. The SMILES string of the molecule is Cc1cccc(C(=N)N)c1OC(C)C(F)(F)F. The van der Waals surface area contributed by atoms with Crippen molar-refractivity contribution in [2.24, 2.45) is 5.73 Å². The molecule has 0 saturated heterocycles. The van der Waals surface area contributed by atoms with E-state index in [0.29, 0.717) is 5.56 Å². The summed E-state index contributed by atoms with van der Waals surface area (Å²) in [4.78, 5) is 0. The molecule has 0 aliphatic heterocycles. The Hall–Kier alpha value is -1.72. The lowest BCUT2D eigenvalue weighted by Gasteiger charge is -2.20. The second kappa shape index (κ2) is 4.65. The van der Waals surface area contributed by atoms with Crippen molar-refractivity contribution in [1.29, 1.82) is 5.41 Å². The van der Waals surface area contributed by atoms with Gasteiger partial charge in [0.15, 0.2) is 6.10 Å². The predicted molar refractivity (Wildman–Crippen MR) is 58.3 cm³/mol. The molecule has 17 heavy (non-hydrogen) atoms. The Kier molecular flexibility index (Phi) is 3.65. The van der Waals surface area contributed by atoms with E-state index < -0.39 is 12.3 Å². The van der Waals surface area contributed by atoms with Crippen LogP contribution in [0, 0.1) is 12.3 Å². The quantitative estimate of drug-likeness (QED) is 0.636. The van der Waals surface area contributed by atoms with E-state index in [0.717, 1.165) is 6.92 Å². The first kappa shape index (κ1) is 13.3. The zero-order valence-electron chi connectivity index (χ0n) is 9.43. The third-order valence-electron chi connectivity index (χ3n) is 2.26. The summed E-state index contributed by atoms with van der Waals surface area (Å²) in [6.07, 6.45) is -6.39. The van der Waals surface area contributed by atoms with Crippen LogP contribution in [0.3, 0.4) is 0 Å². The molecule has 0 aliphatic carbocycles. The van der Waals surface area contributed by atoms with Crippen LogP contribution in [0.1, 0.15) is 18.1 Å². The van der Waals surface area contributed by atoms with Gasteiger partial charge in [0.2, 0.25) is 0 Å². The van der Waals surface area contributed by atoms with Crippen LogP contribution in [0.4, 0.5) is 13.2 Å². The average molecular weight is 246 g/mol. The van der Waals surface area contributed by atoms with Gasteiger partial charge in [0.1, 0.15) is 11.6 Å². The van der Waals surface area contributed by atoms with Gasteiger partial charge in [0.05, 0.1) is 5.56 Å². The van der Waals surface area contributed by atoms with E-state index in [1.165, 1.54) is 6.07 Å². The second-order valence-corrected chi connectivity index (χ2v) is 3.67. The molecule has 1 aromatic rings. The Labute approximate surface area is 96.9 Å². The molecule has 1 atom stereocenters. The Bertz CT molecular complexity index is 429. The molecule has 1 rings (SSSR count). The van der Waals surface area contributed by atoms with Crippen molar-refractivity contribution < 1.29 is 17.9 Å². The maximum absolute atomic E-state index is 12.4. The summed E-state index contributed by atoms with van der Waals surface area (Å²) in [6, 6.07) is 4.66. The molecular formula is C11H13F3N2O. The number of hydrogen-bond acceptors (Lipinski definition) is 2. The average Bonchev–Trinajstić information content (AvgIpc) is 2.18. The zero-order chi connectivity index (χ0) is 13.2. The summed E-state index contributed by atoms with van der Waals surface area (Å²) in [7, 11) is 0. The first-order valence-corrected chi connectivity index (χ1v) is 4.91. The molecule has 0 aromatic heterocycles. The number of benzene rings is 1. The van der Waals surface area contributed by atoms with Crippen LogP contribution in [0.15, 0.2) is 18.2 Å². The van der Waals surface area contributed by atoms with E-state index >= 15 is 0 Å².